The van der Waals surface area contributed by atoms with Crippen molar-refractivity contribution in [1.82, 2.24) is 0 Å². The van der Waals surface area contributed by atoms with Gasteiger partial charge in [-0.25, -0.2) is 8.78 Å². The molecule has 0 spiro atoms. The van der Waals surface area contributed by atoms with Gasteiger partial charge >= 0.3 is 0 Å². The summed E-state index contributed by atoms with van der Waals surface area (Å²) in [6.07, 6.45) is -0.337. The number of hydrogen-bond donors (Lipinski definition) is 1. The minimum absolute atomic E-state index is 0.147. The Labute approximate surface area is 122 Å². The van der Waals surface area contributed by atoms with Gasteiger partial charge in [-0.15, -0.1) is 0 Å². The summed E-state index contributed by atoms with van der Waals surface area (Å²) in [6.45, 7) is 0.538. The van der Waals surface area contributed by atoms with E-state index in [1.165, 1.54) is 12.1 Å². The predicted octanol–water partition coefficient (Wildman–Crippen LogP) is 3.18. The molecular formula is C17H16F2O2. The maximum absolute atomic E-state index is 13.2. The third-order valence-corrected chi connectivity index (χ3v) is 3.75. The SMILES string of the molecule is OC(Cc1cc(F)cc(F)c1)C1OCCc2ccccc21. The second kappa shape index (κ2) is 5.92. The molecule has 0 radical (unpaired) electrons. The number of rotatable bonds is 3. The van der Waals surface area contributed by atoms with Crippen LogP contribution in [0.4, 0.5) is 8.78 Å². The Morgan fingerprint density at radius 3 is 2.62 bits per heavy atom. The van der Waals surface area contributed by atoms with Gasteiger partial charge in [-0.3, -0.25) is 0 Å². The van der Waals surface area contributed by atoms with Crippen molar-refractivity contribution in [3.63, 3.8) is 0 Å². The van der Waals surface area contributed by atoms with Gasteiger partial charge in [-0.2, -0.15) is 0 Å². The number of fused-ring (bicyclic) bond motifs is 1. The number of hydrogen-bond acceptors (Lipinski definition) is 2. The molecule has 1 N–H and O–H groups in total. The van der Waals surface area contributed by atoms with E-state index in [2.05, 4.69) is 0 Å². The summed E-state index contributed by atoms with van der Waals surface area (Å²) < 4.78 is 32.1. The molecular weight excluding hydrogens is 274 g/mol. The van der Waals surface area contributed by atoms with Gasteiger partial charge in [0.15, 0.2) is 0 Å². The largest absolute Gasteiger partial charge is 0.390 e. The first-order valence-electron chi connectivity index (χ1n) is 6.96. The molecule has 1 aliphatic heterocycles. The Bertz CT molecular complexity index is 622. The van der Waals surface area contributed by atoms with E-state index in [9.17, 15) is 13.9 Å². The number of halogens is 2. The van der Waals surface area contributed by atoms with Gasteiger partial charge in [0, 0.05) is 12.5 Å². The van der Waals surface area contributed by atoms with Crippen LogP contribution in [0, 0.1) is 11.6 Å². The van der Waals surface area contributed by atoms with Crippen molar-refractivity contribution >= 4 is 0 Å². The molecule has 0 fully saturated rings. The number of aliphatic hydroxyl groups is 1. The molecule has 2 atom stereocenters. The zero-order chi connectivity index (χ0) is 14.8. The molecule has 0 bridgehead atoms. The van der Waals surface area contributed by atoms with Crippen LogP contribution >= 0.6 is 0 Å². The fourth-order valence-corrected chi connectivity index (χ4v) is 2.82. The zero-order valence-corrected chi connectivity index (χ0v) is 11.4. The maximum Gasteiger partial charge on any atom is 0.126 e. The van der Waals surface area contributed by atoms with E-state index in [4.69, 9.17) is 4.74 Å². The predicted molar refractivity (Wildman–Crippen MR) is 74.9 cm³/mol. The molecule has 21 heavy (non-hydrogen) atoms. The Morgan fingerprint density at radius 2 is 1.86 bits per heavy atom. The molecule has 0 amide bonds. The Balaban J connectivity index is 1.81. The summed E-state index contributed by atoms with van der Waals surface area (Å²) in [4.78, 5) is 0. The fourth-order valence-electron chi connectivity index (χ4n) is 2.82. The van der Waals surface area contributed by atoms with Crippen LogP contribution in [0.2, 0.25) is 0 Å². The van der Waals surface area contributed by atoms with Crippen molar-refractivity contribution in [2.75, 3.05) is 6.61 Å². The van der Waals surface area contributed by atoms with Gasteiger partial charge < -0.3 is 9.84 Å². The summed E-state index contributed by atoms with van der Waals surface area (Å²) in [5, 5.41) is 10.4. The Kier molecular flexibility index (Phi) is 3.99. The van der Waals surface area contributed by atoms with Crippen molar-refractivity contribution in [3.8, 4) is 0 Å². The van der Waals surface area contributed by atoms with Crippen LogP contribution in [0.1, 0.15) is 22.8 Å². The van der Waals surface area contributed by atoms with E-state index in [1.807, 2.05) is 24.3 Å². The molecule has 2 aromatic carbocycles. The lowest BCUT2D eigenvalue weighted by atomic mass is 9.92. The lowest BCUT2D eigenvalue weighted by Gasteiger charge is -2.29. The Morgan fingerprint density at radius 1 is 1.14 bits per heavy atom. The highest BCUT2D eigenvalue weighted by Crippen LogP contribution is 2.31. The molecule has 4 heteroatoms. The lowest BCUT2D eigenvalue weighted by Crippen LogP contribution is -2.28. The van der Waals surface area contributed by atoms with Crippen LogP contribution in [-0.2, 0) is 17.6 Å². The average Bonchev–Trinajstić information content (AvgIpc) is 2.45. The van der Waals surface area contributed by atoms with Crippen LogP contribution < -0.4 is 0 Å². The summed E-state index contributed by atoms with van der Waals surface area (Å²) in [6, 6.07) is 11.1. The minimum atomic E-state index is -0.840. The minimum Gasteiger partial charge on any atom is -0.390 e. The van der Waals surface area contributed by atoms with Crippen LogP contribution in [0.15, 0.2) is 42.5 Å². The molecule has 0 aromatic heterocycles. The monoisotopic (exact) mass is 290 g/mol. The van der Waals surface area contributed by atoms with Crippen molar-refractivity contribution in [2.24, 2.45) is 0 Å². The van der Waals surface area contributed by atoms with Gasteiger partial charge in [-0.05, 0) is 35.2 Å². The van der Waals surface area contributed by atoms with E-state index in [0.717, 1.165) is 23.6 Å². The highest BCUT2D eigenvalue weighted by molar-refractivity contribution is 5.32. The number of ether oxygens (including phenoxy) is 1. The van der Waals surface area contributed by atoms with Gasteiger partial charge in [0.05, 0.1) is 12.7 Å². The Hall–Kier alpha value is -1.78. The molecule has 0 saturated carbocycles. The first kappa shape index (κ1) is 14.2. The quantitative estimate of drug-likeness (QED) is 0.940. The normalized spacial score (nSPS) is 19.1. The van der Waals surface area contributed by atoms with Gasteiger partial charge in [0.1, 0.15) is 17.7 Å². The molecule has 1 aliphatic rings. The summed E-state index contributed by atoms with van der Waals surface area (Å²) in [5.41, 5.74) is 2.53. The summed E-state index contributed by atoms with van der Waals surface area (Å²) in [5.74, 6) is -1.27. The lowest BCUT2D eigenvalue weighted by molar-refractivity contribution is -0.0461. The second-order valence-corrected chi connectivity index (χ2v) is 5.29. The van der Waals surface area contributed by atoms with Crippen molar-refractivity contribution in [2.45, 2.75) is 25.0 Å². The van der Waals surface area contributed by atoms with E-state index in [0.29, 0.717) is 12.2 Å². The third-order valence-electron chi connectivity index (χ3n) is 3.75. The second-order valence-electron chi connectivity index (χ2n) is 5.29. The highest BCUT2D eigenvalue weighted by atomic mass is 19.1. The van der Waals surface area contributed by atoms with Gasteiger partial charge in [0.2, 0.25) is 0 Å². The molecule has 2 aromatic rings. The molecule has 2 unspecified atom stereocenters. The molecule has 0 saturated heterocycles. The zero-order valence-electron chi connectivity index (χ0n) is 11.4. The molecule has 3 rings (SSSR count). The molecule has 1 heterocycles. The fraction of sp³-hybridized carbons (Fsp3) is 0.294. The summed E-state index contributed by atoms with van der Waals surface area (Å²) >= 11 is 0. The first-order valence-corrected chi connectivity index (χ1v) is 6.96. The van der Waals surface area contributed by atoms with E-state index < -0.39 is 23.8 Å². The van der Waals surface area contributed by atoms with Crippen LogP contribution in [0.5, 0.6) is 0 Å². The van der Waals surface area contributed by atoms with Crippen LogP contribution in [0.25, 0.3) is 0 Å². The molecule has 2 nitrogen and oxygen atoms in total. The van der Waals surface area contributed by atoms with Gasteiger partial charge in [-0.1, -0.05) is 24.3 Å². The maximum atomic E-state index is 13.2. The van der Waals surface area contributed by atoms with Crippen molar-refractivity contribution < 1.29 is 18.6 Å². The summed E-state index contributed by atoms with van der Waals surface area (Å²) in [7, 11) is 0. The van der Waals surface area contributed by atoms with E-state index in [1.54, 1.807) is 0 Å². The smallest absolute Gasteiger partial charge is 0.126 e. The first-order chi connectivity index (χ1) is 10.1. The third kappa shape index (κ3) is 3.12. The van der Waals surface area contributed by atoms with Crippen LogP contribution in [0.3, 0.4) is 0 Å². The van der Waals surface area contributed by atoms with Crippen LogP contribution in [-0.4, -0.2) is 17.8 Å². The average molecular weight is 290 g/mol. The standard InChI is InChI=1S/C17H16F2O2/c18-13-7-11(8-14(19)10-13)9-16(20)17-15-4-2-1-3-12(15)5-6-21-17/h1-4,7-8,10,16-17,20H,5-6,9H2. The number of benzene rings is 2. The van der Waals surface area contributed by atoms with E-state index >= 15 is 0 Å². The van der Waals surface area contributed by atoms with E-state index in [-0.39, 0.29) is 6.42 Å². The number of aliphatic hydroxyl groups excluding tert-OH is 1. The topological polar surface area (TPSA) is 29.5 Å². The molecule has 0 aliphatic carbocycles. The molecule has 110 valence electrons. The van der Waals surface area contributed by atoms with Gasteiger partial charge in [0.25, 0.3) is 0 Å². The highest BCUT2D eigenvalue weighted by Gasteiger charge is 2.27. The van der Waals surface area contributed by atoms with Crippen molar-refractivity contribution in [3.05, 3.63) is 70.8 Å². The van der Waals surface area contributed by atoms with Crippen molar-refractivity contribution in [1.29, 1.82) is 0 Å².